The topological polar surface area (TPSA) is 34.1 Å². The smallest absolute Gasteiger partial charge is 0.346 e. The molecule has 82 valence electrons. The summed E-state index contributed by atoms with van der Waals surface area (Å²) in [5, 5.41) is 0. The van der Waals surface area contributed by atoms with E-state index in [1.54, 1.807) is 36.4 Å². The third kappa shape index (κ3) is 1.80. The first-order valence-electron chi connectivity index (χ1n) is 5.40. The number of aryl methyl sites for hydroxylation is 1. The van der Waals surface area contributed by atoms with Crippen LogP contribution < -0.4 is 0 Å². The second kappa shape index (κ2) is 4.87. The monoisotopic (exact) mass is 310 g/mol. The van der Waals surface area contributed by atoms with Crippen LogP contribution in [0, 0.1) is 13.0 Å². The molecule has 1 aliphatic rings. The van der Waals surface area contributed by atoms with E-state index in [4.69, 9.17) is 0 Å². The van der Waals surface area contributed by atoms with E-state index in [-0.39, 0.29) is 44.3 Å². The van der Waals surface area contributed by atoms with E-state index in [1.807, 2.05) is 6.92 Å². The van der Waals surface area contributed by atoms with Gasteiger partial charge < -0.3 is 4.79 Å². The molecule has 0 N–H and O–H groups in total. The van der Waals surface area contributed by atoms with Crippen molar-refractivity contribution in [3.05, 3.63) is 70.3 Å². The first-order chi connectivity index (χ1) is 8.20. The number of ketones is 2. The van der Waals surface area contributed by atoms with Crippen LogP contribution in [0.25, 0.3) is 0 Å². The molecule has 0 aromatic heterocycles. The van der Waals surface area contributed by atoms with Crippen molar-refractivity contribution in [2.75, 3.05) is 0 Å². The van der Waals surface area contributed by atoms with E-state index < -0.39 is 0 Å². The molecule has 2 aromatic rings. The Morgan fingerprint density at radius 3 is 2.22 bits per heavy atom. The summed E-state index contributed by atoms with van der Waals surface area (Å²) in [7, 11) is 0. The molecule has 0 bridgehead atoms. The standard InChI is InChI=1S/C15H9O2.Y/c1-9-5-4-8-12-13(9)15(17)11-7-3-2-6-10(11)14(12)16;/h2-7H,1H3;/q-1;+3. The average molecular weight is 310 g/mol. The summed E-state index contributed by atoms with van der Waals surface area (Å²) >= 11 is 0. The summed E-state index contributed by atoms with van der Waals surface area (Å²) in [5.41, 5.74) is 2.69. The zero-order valence-electron chi connectivity index (χ0n) is 9.86. The van der Waals surface area contributed by atoms with Crippen LogP contribution in [-0.4, -0.2) is 11.6 Å². The van der Waals surface area contributed by atoms with Gasteiger partial charge in [0.1, 0.15) is 5.78 Å². The zero-order chi connectivity index (χ0) is 12.0. The third-order valence-electron chi connectivity index (χ3n) is 3.08. The van der Waals surface area contributed by atoms with Crippen molar-refractivity contribution in [3.8, 4) is 0 Å². The van der Waals surface area contributed by atoms with E-state index in [1.165, 1.54) is 0 Å². The van der Waals surface area contributed by atoms with Gasteiger partial charge in [-0.2, -0.15) is 0 Å². The van der Waals surface area contributed by atoms with Crippen molar-refractivity contribution in [2.24, 2.45) is 0 Å². The Bertz CT molecular complexity index is 659. The predicted molar refractivity (Wildman–Crippen MR) is 63.3 cm³/mol. The summed E-state index contributed by atoms with van der Waals surface area (Å²) in [4.78, 5) is 24.5. The molecule has 3 rings (SSSR count). The number of hydrogen-bond donors (Lipinski definition) is 0. The quantitative estimate of drug-likeness (QED) is 0.598. The molecule has 0 radical (unpaired) electrons. The molecule has 0 heterocycles. The number of carbonyl (C=O) groups excluding carboxylic acids is 2. The number of carbonyl (C=O) groups is 2. The van der Waals surface area contributed by atoms with Crippen LogP contribution in [0.15, 0.2) is 36.4 Å². The van der Waals surface area contributed by atoms with Gasteiger partial charge in [-0.1, -0.05) is 42.3 Å². The van der Waals surface area contributed by atoms with Gasteiger partial charge in [0.15, 0.2) is 5.78 Å². The largest absolute Gasteiger partial charge is 3.00 e. The molecule has 0 spiro atoms. The third-order valence-corrected chi connectivity index (χ3v) is 3.08. The molecule has 3 heteroatoms. The van der Waals surface area contributed by atoms with Gasteiger partial charge in [-0.25, -0.2) is 0 Å². The molecule has 0 amide bonds. The van der Waals surface area contributed by atoms with Crippen LogP contribution >= 0.6 is 0 Å². The van der Waals surface area contributed by atoms with Gasteiger partial charge in [0.05, 0.1) is 0 Å². The van der Waals surface area contributed by atoms with E-state index in [0.29, 0.717) is 22.3 Å². The maximum absolute atomic E-state index is 12.3. The molecule has 0 fully saturated rings. The van der Waals surface area contributed by atoms with Gasteiger partial charge in [0.2, 0.25) is 0 Å². The van der Waals surface area contributed by atoms with Crippen molar-refractivity contribution in [1.82, 2.24) is 0 Å². The minimum Gasteiger partial charge on any atom is -0.346 e. The van der Waals surface area contributed by atoms with Gasteiger partial charge in [-0.3, -0.25) is 4.79 Å². The maximum Gasteiger partial charge on any atom is 3.00 e. The molecule has 0 saturated heterocycles. The minimum atomic E-state index is -0.112. The molecular weight excluding hydrogens is 301 g/mol. The molecular formula is C15H9O2Y+2. The molecule has 0 atom stereocenters. The summed E-state index contributed by atoms with van der Waals surface area (Å²) in [5.74, 6) is -0.191. The summed E-state index contributed by atoms with van der Waals surface area (Å²) in [6.07, 6.45) is 0. The first kappa shape index (κ1) is 13.3. The predicted octanol–water partition coefficient (Wildman–Crippen LogP) is 2.57. The van der Waals surface area contributed by atoms with Crippen LogP contribution in [0.5, 0.6) is 0 Å². The zero-order valence-corrected chi connectivity index (χ0v) is 12.7. The van der Waals surface area contributed by atoms with Gasteiger partial charge in [0.25, 0.3) is 0 Å². The fraction of sp³-hybridized carbons (Fsp3) is 0.0667. The number of rotatable bonds is 0. The van der Waals surface area contributed by atoms with Crippen LogP contribution in [0.4, 0.5) is 0 Å². The summed E-state index contributed by atoms with van der Waals surface area (Å²) in [6.45, 7) is 1.84. The minimum absolute atomic E-state index is 0. The molecule has 0 unspecified atom stereocenters. The molecule has 18 heavy (non-hydrogen) atoms. The SMILES string of the molecule is Cc1cc[c-]c2c1C(=O)c1ccccc1C2=O.[Y+3]. The van der Waals surface area contributed by atoms with Gasteiger partial charge in [-0.05, 0) is 5.56 Å². The van der Waals surface area contributed by atoms with Crippen LogP contribution in [0.3, 0.4) is 0 Å². The maximum atomic E-state index is 12.3. The van der Waals surface area contributed by atoms with Crippen molar-refractivity contribution in [1.29, 1.82) is 0 Å². The van der Waals surface area contributed by atoms with Gasteiger partial charge in [0, 0.05) is 5.56 Å². The Balaban J connectivity index is 0.00000120. The second-order valence-corrected chi connectivity index (χ2v) is 4.11. The fourth-order valence-corrected chi connectivity index (χ4v) is 2.22. The van der Waals surface area contributed by atoms with Crippen LogP contribution in [0.2, 0.25) is 0 Å². The summed E-state index contributed by atoms with van der Waals surface area (Å²) < 4.78 is 0. The second-order valence-electron chi connectivity index (χ2n) is 4.11. The number of benzene rings is 2. The van der Waals surface area contributed by atoms with Crippen LogP contribution in [-0.2, 0) is 32.7 Å². The van der Waals surface area contributed by atoms with Crippen molar-refractivity contribution >= 4 is 11.6 Å². The van der Waals surface area contributed by atoms with Crippen molar-refractivity contribution < 1.29 is 42.3 Å². The molecule has 0 saturated carbocycles. The van der Waals surface area contributed by atoms with Gasteiger partial charge >= 0.3 is 32.7 Å². The molecule has 2 aromatic carbocycles. The van der Waals surface area contributed by atoms with E-state index in [0.717, 1.165) is 5.56 Å². The van der Waals surface area contributed by atoms with Crippen molar-refractivity contribution in [2.45, 2.75) is 6.92 Å². The van der Waals surface area contributed by atoms with Crippen LogP contribution in [0.1, 0.15) is 37.4 Å². The van der Waals surface area contributed by atoms with E-state index in [2.05, 4.69) is 6.07 Å². The van der Waals surface area contributed by atoms with Crippen molar-refractivity contribution in [3.63, 3.8) is 0 Å². The Kier molecular flexibility index (Phi) is 3.60. The van der Waals surface area contributed by atoms with Gasteiger partial charge in [-0.15, -0.1) is 23.8 Å². The Labute approximate surface area is 130 Å². The number of hydrogen-bond acceptors (Lipinski definition) is 2. The fourth-order valence-electron chi connectivity index (χ4n) is 2.22. The molecule has 0 aliphatic heterocycles. The van der Waals surface area contributed by atoms with E-state index in [9.17, 15) is 9.59 Å². The summed E-state index contributed by atoms with van der Waals surface area (Å²) in [6, 6.07) is 13.3. The number of fused-ring (bicyclic) bond motifs is 2. The Hall–Kier alpha value is -1.12. The molecule has 1 aliphatic carbocycles. The Morgan fingerprint density at radius 1 is 0.944 bits per heavy atom. The Morgan fingerprint density at radius 2 is 1.56 bits per heavy atom. The average Bonchev–Trinajstić information content (AvgIpc) is 2.36. The van der Waals surface area contributed by atoms with E-state index >= 15 is 0 Å². The first-order valence-corrected chi connectivity index (χ1v) is 5.40. The normalized spacial score (nSPS) is 12.5. The molecule has 2 nitrogen and oxygen atoms in total.